The minimum Gasteiger partial charge on any atom is -0.326 e. The van der Waals surface area contributed by atoms with Crippen LogP contribution in [0.5, 0.6) is 0 Å². The van der Waals surface area contributed by atoms with Crippen LogP contribution in [0, 0.1) is 0 Å². The van der Waals surface area contributed by atoms with Gasteiger partial charge in [-0.1, -0.05) is 30.3 Å². The SMILES string of the molecule is CC(=O)Nc1ccc(N2C(=O)C[C@@H](N3CCN(Cc4ccccc4)CC3)C2=O)cc1. The van der Waals surface area contributed by atoms with Crippen molar-refractivity contribution in [1.29, 1.82) is 0 Å². The van der Waals surface area contributed by atoms with Crippen molar-refractivity contribution in [1.82, 2.24) is 9.80 Å². The monoisotopic (exact) mass is 406 g/mol. The number of carbonyl (C=O) groups is 3. The number of anilines is 2. The summed E-state index contributed by atoms with van der Waals surface area (Å²) < 4.78 is 0. The van der Waals surface area contributed by atoms with Gasteiger partial charge >= 0.3 is 0 Å². The summed E-state index contributed by atoms with van der Waals surface area (Å²) >= 11 is 0. The molecule has 0 bridgehead atoms. The molecule has 1 N–H and O–H groups in total. The first-order chi connectivity index (χ1) is 14.5. The zero-order chi connectivity index (χ0) is 21.1. The van der Waals surface area contributed by atoms with Gasteiger partial charge in [-0.2, -0.15) is 0 Å². The van der Waals surface area contributed by atoms with Crippen molar-refractivity contribution in [2.75, 3.05) is 36.4 Å². The first-order valence-electron chi connectivity index (χ1n) is 10.3. The Hall–Kier alpha value is -3.03. The van der Waals surface area contributed by atoms with Gasteiger partial charge in [0.25, 0.3) is 5.91 Å². The molecule has 2 heterocycles. The molecule has 0 aromatic heterocycles. The van der Waals surface area contributed by atoms with Crippen molar-refractivity contribution in [2.24, 2.45) is 0 Å². The zero-order valence-electron chi connectivity index (χ0n) is 17.1. The number of piperazine rings is 1. The average Bonchev–Trinajstić information content (AvgIpc) is 3.04. The molecule has 0 spiro atoms. The van der Waals surface area contributed by atoms with Gasteiger partial charge in [0.15, 0.2) is 0 Å². The molecule has 2 aliphatic rings. The maximum Gasteiger partial charge on any atom is 0.251 e. The molecule has 0 radical (unpaired) electrons. The van der Waals surface area contributed by atoms with Crippen LogP contribution in [0.15, 0.2) is 54.6 Å². The van der Waals surface area contributed by atoms with E-state index < -0.39 is 6.04 Å². The third-order valence-corrected chi connectivity index (χ3v) is 5.67. The quantitative estimate of drug-likeness (QED) is 0.770. The van der Waals surface area contributed by atoms with Gasteiger partial charge in [0.2, 0.25) is 11.8 Å². The first kappa shape index (κ1) is 20.3. The van der Waals surface area contributed by atoms with E-state index in [0.29, 0.717) is 11.4 Å². The van der Waals surface area contributed by atoms with Crippen molar-refractivity contribution in [3.05, 3.63) is 60.2 Å². The summed E-state index contributed by atoms with van der Waals surface area (Å²) in [4.78, 5) is 42.6. The fourth-order valence-electron chi connectivity index (χ4n) is 4.14. The summed E-state index contributed by atoms with van der Waals surface area (Å²) in [5, 5.41) is 2.69. The summed E-state index contributed by atoms with van der Waals surface area (Å²) in [6, 6.07) is 16.8. The van der Waals surface area contributed by atoms with Gasteiger partial charge in [-0.25, -0.2) is 4.90 Å². The third-order valence-electron chi connectivity index (χ3n) is 5.67. The smallest absolute Gasteiger partial charge is 0.251 e. The Morgan fingerprint density at radius 3 is 2.27 bits per heavy atom. The molecule has 3 amide bonds. The molecule has 0 aliphatic carbocycles. The highest BCUT2D eigenvalue weighted by Gasteiger charge is 2.43. The normalized spacial score (nSPS) is 20.6. The summed E-state index contributed by atoms with van der Waals surface area (Å²) in [7, 11) is 0. The van der Waals surface area contributed by atoms with Crippen LogP contribution in [0.1, 0.15) is 18.9 Å². The molecule has 7 nitrogen and oxygen atoms in total. The minimum atomic E-state index is -0.397. The number of amides is 3. The van der Waals surface area contributed by atoms with Crippen LogP contribution >= 0.6 is 0 Å². The molecule has 0 unspecified atom stereocenters. The Bertz CT molecular complexity index is 921. The highest BCUT2D eigenvalue weighted by Crippen LogP contribution is 2.27. The third kappa shape index (κ3) is 4.42. The second-order valence-corrected chi connectivity index (χ2v) is 7.81. The van der Waals surface area contributed by atoms with Gasteiger partial charge < -0.3 is 5.32 Å². The number of benzene rings is 2. The highest BCUT2D eigenvalue weighted by molar-refractivity contribution is 6.22. The van der Waals surface area contributed by atoms with Crippen molar-refractivity contribution in [3.8, 4) is 0 Å². The van der Waals surface area contributed by atoms with E-state index in [-0.39, 0.29) is 24.1 Å². The lowest BCUT2D eigenvalue weighted by Gasteiger charge is -2.37. The highest BCUT2D eigenvalue weighted by atomic mass is 16.2. The number of hydrogen-bond donors (Lipinski definition) is 1. The Labute approximate surface area is 176 Å². The molecule has 2 aromatic rings. The van der Waals surface area contributed by atoms with Crippen molar-refractivity contribution < 1.29 is 14.4 Å². The van der Waals surface area contributed by atoms with Crippen LogP contribution in [0.3, 0.4) is 0 Å². The Balaban J connectivity index is 1.37. The van der Waals surface area contributed by atoms with Crippen LogP contribution in [0.25, 0.3) is 0 Å². The zero-order valence-corrected chi connectivity index (χ0v) is 17.1. The lowest BCUT2D eigenvalue weighted by Crippen LogP contribution is -2.52. The number of imide groups is 1. The van der Waals surface area contributed by atoms with Crippen LogP contribution in [-0.2, 0) is 20.9 Å². The maximum atomic E-state index is 13.0. The second kappa shape index (κ2) is 8.77. The van der Waals surface area contributed by atoms with Gasteiger partial charge in [-0.3, -0.25) is 24.2 Å². The fourth-order valence-corrected chi connectivity index (χ4v) is 4.14. The standard InChI is InChI=1S/C23H26N4O3/c1-17(28)24-19-7-9-20(10-8-19)27-22(29)15-21(23(27)30)26-13-11-25(12-14-26)16-18-5-3-2-4-6-18/h2-10,21H,11-16H2,1H3,(H,24,28)/t21-/m1/s1. The van der Waals surface area contributed by atoms with Crippen LogP contribution in [0.4, 0.5) is 11.4 Å². The second-order valence-electron chi connectivity index (χ2n) is 7.81. The average molecular weight is 406 g/mol. The first-order valence-corrected chi connectivity index (χ1v) is 10.3. The molecule has 7 heteroatoms. The van der Waals surface area contributed by atoms with Crippen molar-refractivity contribution >= 4 is 29.1 Å². The predicted molar refractivity (Wildman–Crippen MR) is 115 cm³/mol. The molecule has 1 atom stereocenters. The van der Waals surface area contributed by atoms with Gasteiger partial charge in [0.1, 0.15) is 0 Å². The fraction of sp³-hybridized carbons (Fsp3) is 0.348. The largest absolute Gasteiger partial charge is 0.326 e. The molecule has 156 valence electrons. The van der Waals surface area contributed by atoms with Crippen LogP contribution in [-0.4, -0.2) is 59.7 Å². The Morgan fingerprint density at radius 2 is 1.63 bits per heavy atom. The van der Waals surface area contributed by atoms with E-state index in [1.54, 1.807) is 24.3 Å². The van der Waals surface area contributed by atoms with Gasteiger partial charge in [-0.05, 0) is 29.8 Å². The molecule has 4 rings (SSSR count). The van der Waals surface area contributed by atoms with E-state index in [1.807, 2.05) is 18.2 Å². The van der Waals surface area contributed by atoms with Gasteiger partial charge in [-0.15, -0.1) is 0 Å². The number of nitrogens with zero attached hydrogens (tertiary/aromatic N) is 3. The van der Waals surface area contributed by atoms with Crippen LogP contribution in [0.2, 0.25) is 0 Å². The minimum absolute atomic E-state index is 0.163. The molecule has 2 aromatic carbocycles. The Morgan fingerprint density at radius 1 is 0.967 bits per heavy atom. The van der Waals surface area contributed by atoms with E-state index in [4.69, 9.17) is 0 Å². The summed E-state index contributed by atoms with van der Waals surface area (Å²) in [6.07, 6.45) is 0.213. The number of hydrogen-bond acceptors (Lipinski definition) is 5. The molecular weight excluding hydrogens is 380 g/mol. The molecule has 2 saturated heterocycles. The van der Waals surface area contributed by atoms with Crippen LogP contribution < -0.4 is 10.2 Å². The van der Waals surface area contributed by atoms with E-state index in [1.165, 1.54) is 17.4 Å². The Kier molecular flexibility index (Phi) is 5.92. The summed E-state index contributed by atoms with van der Waals surface area (Å²) in [5.41, 5.74) is 2.47. The van der Waals surface area contributed by atoms with Crippen molar-refractivity contribution in [2.45, 2.75) is 25.9 Å². The molecule has 0 saturated carbocycles. The predicted octanol–water partition coefficient (Wildman–Crippen LogP) is 2.09. The topological polar surface area (TPSA) is 73.0 Å². The van der Waals surface area contributed by atoms with Crippen molar-refractivity contribution in [3.63, 3.8) is 0 Å². The van der Waals surface area contributed by atoms with Gasteiger partial charge in [0.05, 0.1) is 18.2 Å². The molecular formula is C23H26N4O3. The van der Waals surface area contributed by atoms with E-state index in [0.717, 1.165) is 32.7 Å². The van der Waals surface area contributed by atoms with E-state index >= 15 is 0 Å². The number of carbonyl (C=O) groups excluding carboxylic acids is 3. The van der Waals surface area contributed by atoms with Gasteiger partial charge in [0, 0.05) is 45.3 Å². The number of nitrogens with one attached hydrogen (secondary N) is 1. The summed E-state index contributed by atoms with van der Waals surface area (Å²) in [5.74, 6) is -0.504. The number of rotatable bonds is 5. The van der Waals surface area contributed by atoms with E-state index in [2.05, 4.69) is 27.2 Å². The molecule has 30 heavy (non-hydrogen) atoms. The summed E-state index contributed by atoms with van der Waals surface area (Å²) in [6.45, 7) is 5.62. The molecule has 2 aliphatic heterocycles. The maximum absolute atomic E-state index is 13.0. The molecule has 2 fully saturated rings. The van der Waals surface area contributed by atoms with E-state index in [9.17, 15) is 14.4 Å². The lowest BCUT2D eigenvalue weighted by atomic mass is 10.1. The lowest BCUT2D eigenvalue weighted by molar-refractivity contribution is -0.123.